The van der Waals surface area contributed by atoms with Crippen LogP contribution in [0.15, 0.2) is 0 Å². The lowest BCUT2D eigenvalue weighted by atomic mass is 9.96. The van der Waals surface area contributed by atoms with Gasteiger partial charge in [-0.1, -0.05) is 47.0 Å². The van der Waals surface area contributed by atoms with Gasteiger partial charge in [0, 0.05) is 18.6 Å². The molecule has 1 aliphatic rings. The summed E-state index contributed by atoms with van der Waals surface area (Å²) in [7, 11) is 0. The third kappa shape index (κ3) is 5.68. The minimum Gasteiger partial charge on any atom is -0.360 e. The number of nitrogens with one attached hydrogen (secondary N) is 1. The van der Waals surface area contributed by atoms with Gasteiger partial charge in [0.1, 0.15) is 0 Å². The molecule has 0 atom stereocenters. The Kier molecular flexibility index (Phi) is 7.74. The van der Waals surface area contributed by atoms with Crippen LogP contribution in [0, 0.1) is 5.92 Å². The number of hydrogen-bond donors (Lipinski definition) is 1. The maximum atomic E-state index is 5.70. The highest BCUT2D eigenvalue weighted by molar-refractivity contribution is 7.80. The van der Waals surface area contributed by atoms with E-state index in [2.05, 4.69) is 37.9 Å². The van der Waals surface area contributed by atoms with E-state index in [0.29, 0.717) is 18.0 Å². The van der Waals surface area contributed by atoms with E-state index in [4.69, 9.17) is 12.2 Å². The van der Waals surface area contributed by atoms with Crippen LogP contribution in [0.4, 0.5) is 0 Å². The van der Waals surface area contributed by atoms with Crippen LogP contribution >= 0.6 is 12.2 Å². The van der Waals surface area contributed by atoms with Gasteiger partial charge in [-0.15, -0.1) is 0 Å². The third-order valence-electron chi connectivity index (χ3n) is 4.14. The Hall–Kier alpha value is -0.310. The van der Waals surface area contributed by atoms with Gasteiger partial charge >= 0.3 is 0 Å². The lowest BCUT2D eigenvalue weighted by molar-refractivity contribution is 0.257. The molecule has 1 aliphatic carbocycles. The summed E-state index contributed by atoms with van der Waals surface area (Å²) in [6.07, 6.45) is 9.04. The van der Waals surface area contributed by atoms with E-state index in [1.807, 2.05) is 0 Å². The fourth-order valence-electron chi connectivity index (χ4n) is 3.03. The second-order valence-corrected chi connectivity index (χ2v) is 6.69. The molecule has 0 radical (unpaired) electrons. The van der Waals surface area contributed by atoms with E-state index >= 15 is 0 Å². The Bertz CT molecular complexity index is 255. The summed E-state index contributed by atoms with van der Waals surface area (Å²) in [5.74, 6) is 0.659. The molecule has 0 aromatic carbocycles. The molecular formula is C16H32N2S. The van der Waals surface area contributed by atoms with Crippen molar-refractivity contribution in [2.45, 2.75) is 84.7 Å². The Balaban J connectivity index is 2.58. The number of hydrogen-bond acceptors (Lipinski definition) is 1. The fourth-order valence-corrected chi connectivity index (χ4v) is 3.42. The molecule has 1 N–H and O–H groups in total. The number of nitrogens with zero attached hydrogens (tertiary/aromatic N) is 1. The van der Waals surface area contributed by atoms with E-state index in [1.54, 1.807) is 0 Å². The molecule has 1 rings (SSSR count). The van der Waals surface area contributed by atoms with Gasteiger partial charge in [0.15, 0.2) is 5.11 Å². The Morgan fingerprint density at radius 1 is 1.16 bits per heavy atom. The molecule has 0 unspecified atom stereocenters. The first-order chi connectivity index (χ1) is 9.08. The summed E-state index contributed by atoms with van der Waals surface area (Å²) in [5.41, 5.74) is 0. The van der Waals surface area contributed by atoms with Crippen molar-refractivity contribution in [3.05, 3.63) is 0 Å². The average molecular weight is 285 g/mol. The van der Waals surface area contributed by atoms with Crippen molar-refractivity contribution in [1.82, 2.24) is 10.2 Å². The minimum atomic E-state index is 0.589. The molecule has 112 valence electrons. The normalized spacial score (nSPS) is 16.9. The van der Waals surface area contributed by atoms with Crippen molar-refractivity contribution >= 4 is 17.3 Å². The van der Waals surface area contributed by atoms with Crippen molar-refractivity contribution < 1.29 is 0 Å². The van der Waals surface area contributed by atoms with Crippen LogP contribution in [0.5, 0.6) is 0 Å². The molecule has 0 saturated heterocycles. The molecular weight excluding hydrogens is 252 g/mol. The lowest BCUT2D eigenvalue weighted by Gasteiger charge is -2.36. The topological polar surface area (TPSA) is 15.3 Å². The summed E-state index contributed by atoms with van der Waals surface area (Å²) in [5, 5.41) is 4.63. The van der Waals surface area contributed by atoms with Gasteiger partial charge in [-0.25, -0.2) is 0 Å². The third-order valence-corrected chi connectivity index (χ3v) is 4.49. The first-order valence-electron chi connectivity index (χ1n) is 8.15. The zero-order chi connectivity index (χ0) is 14.3. The number of thiocarbonyl (C=S) groups is 1. The van der Waals surface area contributed by atoms with Crippen LogP contribution in [-0.4, -0.2) is 28.6 Å². The predicted molar refractivity (Wildman–Crippen MR) is 88.5 cm³/mol. The summed E-state index contributed by atoms with van der Waals surface area (Å²) >= 11 is 5.70. The molecule has 0 aromatic rings. The highest BCUT2D eigenvalue weighted by atomic mass is 32.1. The van der Waals surface area contributed by atoms with Crippen molar-refractivity contribution in [3.63, 3.8) is 0 Å². The fraction of sp³-hybridized carbons (Fsp3) is 0.938. The van der Waals surface area contributed by atoms with Gasteiger partial charge in [0.05, 0.1) is 0 Å². The van der Waals surface area contributed by atoms with Gasteiger partial charge in [-0.2, -0.15) is 0 Å². The van der Waals surface area contributed by atoms with Crippen molar-refractivity contribution in [2.75, 3.05) is 6.54 Å². The number of rotatable bonds is 6. The van der Waals surface area contributed by atoms with Gasteiger partial charge < -0.3 is 10.2 Å². The lowest BCUT2D eigenvalue weighted by Crippen LogP contribution is -2.50. The van der Waals surface area contributed by atoms with Crippen LogP contribution in [0.1, 0.15) is 72.6 Å². The monoisotopic (exact) mass is 284 g/mol. The SMILES string of the molecule is CCC(CC)N(CC(C)C)C(=S)NC1CCCCC1. The summed E-state index contributed by atoms with van der Waals surface area (Å²) in [6.45, 7) is 10.2. The average Bonchev–Trinajstić information content (AvgIpc) is 2.39. The largest absolute Gasteiger partial charge is 0.360 e. The van der Waals surface area contributed by atoms with E-state index in [-0.39, 0.29) is 0 Å². The van der Waals surface area contributed by atoms with Crippen LogP contribution in [-0.2, 0) is 0 Å². The van der Waals surface area contributed by atoms with E-state index in [1.165, 1.54) is 44.9 Å². The van der Waals surface area contributed by atoms with Crippen LogP contribution in [0.2, 0.25) is 0 Å². The van der Waals surface area contributed by atoms with Gasteiger partial charge in [-0.05, 0) is 43.8 Å². The zero-order valence-electron chi connectivity index (χ0n) is 13.2. The van der Waals surface area contributed by atoms with Crippen molar-refractivity contribution in [3.8, 4) is 0 Å². The molecule has 0 aliphatic heterocycles. The molecule has 1 fully saturated rings. The Morgan fingerprint density at radius 3 is 2.21 bits per heavy atom. The Morgan fingerprint density at radius 2 is 1.74 bits per heavy atom. The molecule has 0 heterocycles. The highest BCUT2D eigenvalue weighted by Gasteiger charge is 2.22. The second-order valence-electron chi connectivity index (χ2n) is 6.30. The van der Waals surface area contributed by atoms with Crippen molar-refractivity contribution in [1.29, 1.82) is 0 Å². The molecule has 0 spiro atoms. The molecule has 0 aromatic heterocycles. The van der Waals surface area contributed by atoms with E-state index in [9.17, 15) is 0 Å². The van der Waals surface area contributed by atoms with Crippen LogP contribution in [0.25, 0.3) is 0 Å². The summed E-state index contributed by atoms with van der Waals surface area (Å²) < 4.78 is 0. The molecule has 0 bridgehead atoms. The zero-order valence-corrected chi connectivity index (χ0v) is 14.1. The molecule has 2 nitrogen and oxygen atoms in total. The van der Waals surface area contributed by atoms with E-state index in [0.717, 1.165) is 11.7 Å². The maximum Gasteiger partial charge on any atom is 0.169 e. The molecule has 3 heteroatoms. The first kappa shape index (κ1) is 16.7. The summed E-state index contributed by atoms with van der Waals surface area (Å²) in [6, 6.07) is 1.20. The molecule has 1 saturated carbocycles. The van der Waals surface area contributed by atoms with Crippen molar-refractivity contribution in [2.24, 2.45) is 5.92 Å². The highest BCUT2D eigenvalue weighted by Crippen LogP contribution is 2.19. The molecule has 19 heavy (non-hydrogen) atoms. The minimum absolute atomic E-state index is 0.589. The van der Waals surface area contributed by atoms with Crippen LogP contribution < -0.4 is 5.32 Å². The quantitative estimate of drug-likeness (QED) is 0.730. The maximum absolute atomic E-state index is 5.70. The van der Waals surface area contributed by atoms with E-state index < -0.39 is 0 Å². The standard InChI is InChI=1S/C16H32N2S/c1-5-15(6-2)18(12-13(3)4)16(19)17-14-10-8-7-9-11-14/h13-15H,5-12H2,1-4H3,(H,17,19). The van der Waals surface area contributed by atoms with Gasteiger partial charge in [0.25, 0.3) is 0 Å². The van der Waals surface area contributed by atoms with Crippen LogP contribution in [0.3, 0.4) is 0 Å². The smallest absolute Gasteiger partial charge is 0.169 e. The second kappa shape index (κ2) is 8.78. The Labute approximate surface area is 125 Å². The van der Waals surface area contributed by atoms with Gasteiger partial charge in [0.2, 0.25) is 0 Å². The summed E-state index contributed by atoms with van der Waals surface area (Å²) in [4.78, 5) is 2.44. The predicted octanol–water partition coefficient (Wildman–Crippen LogP) is 4.34. The molecule has 0 amide bonds. The van der Waals surface area contributed by atoms with Gasteiger partial charge in [-0.3, -0.25) is 0 Å². The first-order valence-corrected chi connectivity index (χ1v) is 8.56.